The Balaban J connectivity index is 1.96. The molecule has 0 heterocycles. The largest absolute Gasteiger partial charge is 0.478 e. The smallest absolute Gasteiger partial charge is 0.416 e. The number of amides is 1. The molecule has 0 spiro atoms. The first kappa shape index (κ1) is 26.7. The molecule has 3 aromatic rings. The van der Waals surface area contributed by atoms with Crippen LogP contribution >= 0.6 is 11.6 Å². The number of halogens is 4. The van der Waals surface area contributed by atoms with Gasteiger partial charge < -0.3 is 5.11 Å². The highest BCUT2D eigenvalue weighted by molar-refractivity contribution is 7.92. The topological polar surface area (TPSA) is 116 Å². The number of benzene rings is 3. The number of carbonyl (C=O) groups is 2. The summed E-state index contributed by atoms with van der Waals surface area (Å²) in [5.74, 6) is -2.25. The number of hydrazone groups is 1. The van der Waals surface area contributed by atoms with Crippen LogP contribution in [0.3, 0.4) is 0 Å². The number of carbonyl (C=O) groups excluding carboxylic acids is 1. The zero-order valence-electron chi connectivity index (χ0n) is 18.1. The van der Waals surface area contributed by atoms with Crippen LogP contribution in [0.15, 0.2) is 82.8 Å². The quantitative estimate of drug-likeness (QED) is 0.325. The third-order valence-corrected chi connectivity index (χ3v) is 6.84. The standard InChI is InChI=1S/C23H17ClF3N3O5S/c24-19-11-10-16(23(25,26)27)12-20(19)30(36(34,35)17-7-2-1-3-8-17)14-21(31)29-28-13-15-6-4-5-9-18(15)22(32)33/h1-13H,14H2,(H,29,31)(H,32,33)/b28-13-. The Kier molecular flexibility index (Phi) is 8.00. The van der Waals surface area contributed by atoms with E-state index in [1.807, 2.05) is 0 Å². The number of alkyl halides is 3. The number of carboxylic acid groups (broad SMARTS) is 1. The minimum absolute atomic E-state index is 0.0977. The Morgan fingerprint density at radius 2 is 1.67 bits per heavy atom. The van der Waals surface area contributed by atoms with Gasteiger partial charge in [-0.15, -0.1) is 0 Å². The lowest BCUT2D eigenvalue weighted by Gasteiger charge is -2.25. The fourth-order valence-corrected chi connectivity index (χ4v) is 4.77. The average Bonchev–Trinajstić information content (AvgIpc) is 2.83. The molecular formula is C23H17ClF3N3O5S. The van der Waals surface area contributed by atoms with E-state index in [0.717, 1.165) is 12.3 Å². The van der Waals surface area contributed by atoms with E-state index in [9.17, 15) is 36.3 Å². The highest BCUT2D eigenvalue weighted by Crippen LogP contribution is 2.37. The number of hydrogen-bond donors (Lipinski definition) is 2. The molecule has 0 radical (unpaired) electrons. The summed E-state index contributed by atoms with van der Waals surface area (Å²) in [6.45, 7) is -0.976. The summed E-state index contributed by atoms with van der Waals surface area (Å²) in [7, 11) is -4.54. The van der Waals surface area contributed by atoms with Gasteiger partial charge in [0.2, 0.25) is 0 Å². The highest BCUT2D eigenvalue weighted by atomic mass is 35.5. The molecule has 0 aromatic heterocycles. The van der Waals surface area contributed by atoms with Crippen LogP contribution in [0.4, 0.5) is 18.9 Å². The molecule has 0 saturated carbocycles. The van der Waals surface area contributed by atoms with Crippen molar-refractivity contribution < 1.29 is 36.3 Å². The minimum atomic E-state index is -4.80. The van der Waals surface area contributed by atoms with Gasteiger partial charge in [0.15, 0.2) is 0 Å². The molecule has 0 aliphatic heterocycles. The van der Waals surface area contributed by atoms with Crippen molar-refractivity contribution in [2.24, 2.45) is 5.10 Å². The summed E-state index contributed by atoms with van der Waals surface area (Å²) >= 11 is 6.06. The predicted molar refractivity (Wildman–Crippen MR) is 127 cm³/mol. The van der Waals surface area contributed by atoms with Gasteiger partial charge >= 0.3 is 12.1 Å². The fraction of sp³-hybridized carbons (Fsp3) is 0.0870. The number of aromatic carboxylic acids is 1. The van der Waals surface area contributed by atoms with E-state index < -0.39 is 45.9 Å². The molecule has 8 nitrogen and oxygen atoms in total. The first-order valence-electron chi connectivity index (χ1n) is 10.00. The van der Waals surface area contributed by atoms with Crippen LogP contribution in [-0.2, 0) is 21.0 Å². The van der Waals surface area contributed by atoms with Gasteiger partial charge in [-0.1, -0.05) is 48.0 Å². The van der Waals surface area contributed by atoms with Crippen molar-refractivity contribution in [3.05, 3.63) is 94.5 Å². The van der Waals surface area contributed by atoms with Gasteiger partial charge in [0.1, 0.15) is 6.54 Å². The zero-order chi connectivity index (χ0) is 26.5. The van der Waals surface area contributed by atoms with Gasteiger partial charge in [0, 0.05) is 5.56 Å². The Bertz CT molecular complexity index is 1410. The number of carboxylic acids is 1. The molecule has 3 rings (SSSR count). The third-order valence-electron chi connectivity index (χ3n) is 4.74. The van der Waals surface area contributed by atoms with Crippen LogP contribution in [0.5, 0.6) is 0 Å². The van der Waals surface area contributed by atoms with E-state index in [1.54, 1.807) is 6.07 Å². The second-order valence-electron chi connectivity index (χ2n) is 7.17. The number of hydrogen-bond acceptors (Lipinski definition) is 5. The molecule has 0 bridgehead atoms. The first-order chi connectivity index (χ1) is 16.9. The normalized spacial score (nSPS) is 11.9. The second-order valence-corrected chi connectivity index (χ2v) is 9.44. The Morgan fingerprint density at radius 3 is 2.31 bits per heavy atom. The van der Waals surface area contributed by atoms with Crippen molar-refractivity contribution >= 4 is 45.4 Å². The van der Waals surface area contributed by atoms with Gasteiger partial charge in [-0.3, -0.25) is 9.10 Å². The number of nitrogens with zero attached hydrogens (tertiary/aromatic N) is 2. The Hall–Kier alpha value is -3.90. The van der Waals surface area contributed by atoms with Crippen molar-refractivity contribution in [1.82, 2.24) is 5.43 Å². The maximum Gasteiger partial charge on any atom is 0.416 e. The van der Waals surface area contributed by atoms with E-state index in [4.69, 9.17) is 11.6 Å². The van der Waals surface area contributed by atoms with Crippen LogP contribution < -0.4 is 9.73 Å². The van der Waals surface area contributed by atoms with Gasteiger partial charge in [-0.05, 0) is 36.4 Å². The van der Waals surface area contributed by atoms with Crippen LogP contribution in [0.2, 0.25) is 5.02 Å². The van der Waals surface area contributed by atoms with Gasteiger partial charge in [-0.2, -0.15) is 18.3 Å². The summed E-state index contributed by atoms with van der Waals surface area (Å²) in [5, 5.41) is 12.5. The molecule has 36 heavy (non-hydrogen) atoms. The highest BCUT2D eigenvalue weighted by Gasteiger charge is 2.34. The number of sulfonamides is 1. The van der Waals surface area contributed by atoms with Crippen LogP contribution in [0.25, 0.3) is 0 Å². The number of rotatable bonds is 8. The molecule has 0 unspecified atom stereocenters. The Labute approximate surface area is 208 Å². The van der Waals surface area contributed by atoms with Crippen molar-refractivity contribution in [3.8, 4) is 0 Å². The molecule has 2 N–H and O–H groups in total. The first-order valence-corrected chi connectivity index (χ1v) is 11.8. The van der Waals surface area contributed by atoms with E-state index in [2.05, 4.69) is 10.5 Å². The summed E-state index contributed by atoms with van der Waals surface area (Å²) in [4.78, 5) is 23.6. The second kappa shape index (κ2) is 10.8. The van der Waals surface area contributed by atoms with E-state index in [1.165, 1.54) is 48.5 Å². The molecule has 188 valence electrons. The minimum Gasteiger partial charge on any atom is -0.478 e. The molecule has 13 heteroatoms. The van der Waals surface area contributed by atoms with Crippen molar-refractivity contribution in [3.63, 3.8) is 0 Å². The third kappa shape index (κ3) is 6.20. The van der Waals surface area contributed by atoms with Gasteiger partial charge in [0.05, 0.1) is 32.9 Å². The lowest BCUT2D eigenvalue weighted by atomic mass is 10.1. The summed E-state index contributed by atoms with van der Waals surface area (Å²) < 4.78 is 67.0. The molecule has 0 saturated heterocycles. The monoisotopic (exact) mass is 539 g/mol. The molecule has 0 aliphatic rings. The summed E-state index contributed by atoms with van der Waals surface area (Å²) in [6.07, 6.45) is -3.76. The molecule has 0 aliphatic carbocycles. The van der Waals surface area contributed by atoms with E-state index in [-0.39, 0.29) is 21.0 Å². The molecule has 1 amide bonds. The maximum atomic E-state index is 13.3. The molecule has 0 atom stereocenters. The Morgan fingerprint density at radius 1 is 1.03 bits per heavy atom. The molecular weight excluding hydrogens is 523 g/mol. The number of anilines is 1. The van der Waals surface area contributed by atoms with Crippen LogP contribution in [0.1, 0.15) is 21.5 Å². The lowest BCUT2D eigenvalue weighted by molar-refractivity contribution is -0.137. The van der Waals surface area contributed by atoms with Crippen molar-refractivity contribution in [1.29, 1.82) is 0 Å². The summed E-state index contributed by atoms with van der Waals surface area (Å²) in [6, 6.07) is 14.6. The fourth-order valence-electron chi connectivity index (χ4n) is 3.04. The molecule has 3 aromatic carbocycles. The zero-order valence-corrected chi connectivity index (χ0v) is 19.7. The van der Waals surface area contributed by atoms with Crippen LogP contribution in [0, 0.1) is 0 Å². The summed E-state index contributed by atoms with van der Waals surface area (Å²) in [5.41, 5.74) is 0.375. The molecule has 0 fully saturated rings. The lowest BCUT2D eigenvalue weighted by Crippen LogP contribution is -2.40. The van der Waals surface area contributed by atoms with Crippen LogP contribution in [-0.4, -0.2) is 38.2 Å². The predicted octanol–water partition coefficient (Wildman–Crippen LogP) is 4.40. The van der Waals surface area contributed by atoms with Crippen molar-refractivity contribution in [2.75, 3.05) is 10.8 Å². The van der Waals surface area contributed by atoms with Crippen molar-refractivity contribution in [2.45, 2.75) is 11.1 Å². The average molecular weight is 540 g/mol. The van der Waals surface area contributed by atoms with E-state index >= 15 is 0 Å². The van der Waals surface area contributed by atoms with E-state index in [0.29, 0.717) is 16.4 Å². The maximum absolute atomic E-state index is 13.3. The van der Waals surface area contributed by atoms with Gasteiger partial charge in [-0.25, -0.2) is 18.6 Å². The van der Waals surface area contributed by atoms with Gasteiger partial charge in [0.25, 0.3) is 15.9 Å². The number of nitrogens with one attached hydrogen (secondary N) is 1. The SMILES string of the molecule is O=C(CN(c1cc(C(F)(F)F)ccc1Cl)S(=O)(=O)c1ccccc1)N/N=C\c1ccccc1C(=O)O.